The van der Waals surface area contributed by atoms with Crippen molar-refractivity contribution in [1.29, 1.82) is 0 Å². The molecule has 0 radical (unpaired) electrons. The maximum absolute atomic E-state index is 12.8. The summed E-state index contributed by atoms with van der Waals surface area (Å²) >= 11 is 0. The molecule has 1 heterocycles. The van der Waals surface area contributed by atoms with Crippen LogP contribution in [0.2, 0.25) is 0 Å². The third kappa shape index (κ3) is 4.56. The van der Waals surface area contributed by atoms with Crippen molar-refractivity contribution in [3.63, 3.8) is 0 Å². The predicted octanol–water partition coefficient (Wildman–Crippen LogP) is 1.55. The van der Waals surface area contributed by atoms with E-state index in [0.717, 1.165) is 32.7 Å². The second-order valence-corrected chi connectivity index (χ2v) is 5.49. The molecule has 2 rings (SSSR count). The molecule has 1 aromatic rings. The number of halogens is 1. The molecule has 1 unspecified atom stereocenters. The van der Waals surface area contributed by atoms with Crippen LogP contribution in [0.25, 0.3) is 0 Å². The summed E-state index contributed by atoms with van der Waals surface area (Å²) < 4.78 is 12.8. The van der Waals surface area contributed by atoms with Gasteiger partial charge in [0.2, 0.25) is 0 Å². The Morgan fingerprint density at radius 3 is 2.79 bits per heavy atom. The van der Waals surface area contributed by atoms with Crippen LogP contribution < -0.4 is 5.32 Å². The molecule has 0 aromatic heterocycles. The second-order valence-electron chi connectivity index (χ2n) is 5.49. The number of nitrogens with zero attached hydrogens (tertiary/aromatic N) is 2. The Kier molecular flexibility index (Phi) is 5.31. The average molecular weight is 265 g/mol. The highest BCUT2D eigenvalue weighted by molar-refractivity contribution is 5.15. The first-order valence-electron chi connectivity index (χ1n) is 6.99. The molecule has 1 saturated heterocycles. The lowest BCUT2D eigenvalue weighted by Gasteiger charge is -2.34. The van der Waals surface area contributed by atoms with Crippen molar-refractivity contribution in [2.75, 3.05) is 40.3 Å². The van der Waals surface area contributed by atoms with Gasteiger partial charge in [-0.2, -0.15) is 0 Å². The largest absolute Gasteiger partial charge is 0.314 e. The average Bonchev–Trinajstić information content (AvgIpc) is 2.40. The van der Waals surface area contributed by atoms with Crippen LogP contribution in [0.4, 0.5) is 4.39 Å². The topological polar surface area (TPSA) is 18.5 Å². The molecule has 4 heteroatoms. The Bertz CT molecular complexity index is 379. The van der Waals surface area contributed by atoms with Gasteiger partial charge in [0.05, 0.1) is 0 Å². The van der Waals surface area contributed by atoms with Gasteiger partial charge < -0.3 is 15.1 Å². The molecular weight excluding hydrogens is 241 g/mol. The van der Waals surface area contributed by atoms with Crippen molar-refractivity contribution >= 4 is 0 Å². The minimum absolute atomic E-state index is 0.165. The second kappa shape index (κ2) is 6.98. The molecule has 3 nitrogen and oxygen atoms in total. The minimum atomic E-state index is -0.165. The van der Waals surface area contributed by atoms with Crippen molar-refractivity contribution < 1.29 is 4.39 Å². The molecule has 19 heavy (non-hydrogen) atoms. The summed E-state index contributed by atoms with van der Waals surface area (Å²) in [7, 11) is 4.32. The van der Waals surface area contributed by atoms with Crippen LogP contribution >= 0.6 is 0 Å². The van der Waals surface area contributed by atoms with Gasteiger partial charge in [-0.05, 0) is 44.8 Å². The molecule has 0 bridgehead atoms. The zero-order chi connectivity index (χ0) is 13.7. The van der Waals surface area contributed by atoms with Gasteiger partial charge in [0.15, 0.2) is 0 Å². The monoisotopic (exact) mass is 265 g/mol. The van der Waals surface area contributed by atoms with Crippen molar-refractivity contribution in [3.8, 4) is 0 Å². The van der Waals surface area contributed by atoms with Gasteiger partial charge in [-0.3, -0.25) is 0 Å². The lowest BCUT2D eigenvalue weighted by Crippen LogP contribution is -2.50. The number of likely N-dealkylation sites (N-methyl/N-ethyl adjacent to an activating group) is 1. The predicted molar refractivity (Wildman–Crippen MR) is 76.6 cm³/mol. The molecule has 106 valence electrons. The first-order chi connectivity index (χ1) is 9.15. The Morgan fingerprint density at radius 2 is 2.11 bits per heavy atom. The molecule has 1 atom stereocenters. The van der Waals surface area contributed by atoms with Crippen LogP contribution in [-0.2, 0) is 6.54 Å². The molecule has 0 saturated carbocycles. The van der Waals surface area contributed by atoms with E-state index < -0.39 is 0 Å². The Labute approximate surface area is 115 Å². The summed E-state index contributed by atoms with van der Waals surface area (Å²) in [6, 6.07) is 7.41. The fourth-order valence-electron chi connectivity index (χ4n) is 2.53. The zero-order valence-corrected chi connectivity index (χ0v) is 11.9. The maximum atomic E-state index is 12.8. The summed E-state index contributed by atoms with van der Waals surface area (Å²) in [6.07, 6.45) is 1.17. The summed E-state index contributed by atoms with van der Waals surface area (Å²) in [5, 5.41) is 3.44. The zero-order valence-electron chi connectivity index (χ0n) is 11.9. The number of piperazine rings is 1. The van der Waals surface area contributed by atoms with Gasteiger partial charge >= 0.3 is 0 Å². The number of rotatable bonds is 5. The van der Waals surface area contributed by atoms with Crippen molar-refractivity contribution in [2.45, 2.75) is 19.0 Å². The van der Waals surface area contributed by atoms with Crippen LogP contribution in [0.1, 0.15) is 12.0 Å². The lowest BCUT2D eigenvalue weighted by molar-refractivity contribution is 0.171. The summed E-state index contributed by atoms with van der Waals surface area (Å²) in [5.74, 6) is -0.165. The summed E-state index contributed by atoms with van der Waals surface area (Å²) in [4.78, 5) is 4.73. The number of benzene rings is 1. The highest BCUT2D eigenvalue weighted by atomic mass is 19.1. The first kappa shape index (κ1) is 14.4. The number of hydrogen-bond donors (Lipinski definition) is 1. The highest BCUT2D eigenvalue weighted by Gasteiger charge is 2.18. The number of nitrogens with one attached hydrogen (secondary N) is 1. The van der Waals surface area contributed by atoms with E-state index in [0.29, 0.717) is 6.04 Å². The normalized spacial score (nSPS) is 20.9. The minimum Gasteiger partial charge on any atom is -0.314 e. The third-order valence-electron chi connectivity index (χ3n) is 3.85. The fourth-order valence-corrected chi connectivity index (χ4v) is 2.53. The summed E-state index contributed by atoms with van der Waals surface area (Å²) in [6.45, 7) is 5.25. The molecular formula is C15H24FN3. The van der Waals surface area contributed by atoms with Crippen LogP contribution in [0, 0.1) is 5.82 Å². The molecule has 0 amide bonds. The van der Waals surface area contributed by atoms with Gasteiger partial charge in [0.25, 0.3) is 0 Å². The van der Waals surface area contributed by atoms with E-state index in [1.807, 2.05) is 12.1 Å². The van der Waals surface area contributed by atoms with Gasteiger partial charge in [-0.1, -0.05) is 12.1 Å². The van der Waals surface area contributed by atoms with Crippen molar-refractivity contribution in [2.24, 2.45) is 0 Å². The third-order valence-corrected chi connectivity index (χ3v) is 3.85. The fraction of sp³-hybridized carbons (Fsp3) is 0.600. The molecule has 1 aliphatic rings. The smallest absolute Gasteiger partial charge is 0.123 e. The van der Waals surface area contributed by atoms with Crippen LogP contribution in [0.5, 0.6) is 0 Å². The van der Waals surface area contributed by atoms with Gasteiger partial charge in [0.1, 0.15) is 5.82 Å². The first-order valence-corrected chi connectivity index (χ1v) is 6.99. The lowest BCUT2D eigenvalue weighted by atomic mass is 10.1. The van der Waals surface area contributed by atoms with Crippen LogP contribution in [0.3, 0.4) is 0 Å². The Morgan fingerprint density at radius 1 is 1.37 bits per heavy atom. The van der Waals surface area contributed by atoms with E-state index in [2.05, 4.69) is 29.2 Å². The van der Waals surface area contributed by atoms with E-state index in [1.54, 1.807) is 0 Å². The number of hydrogen-bond acceptors (Lipinski definition) is 3. The Hall–Kier alpha value is -0.970. The Balaban J connectivity index is 1.74. The van der Waals surface area contributed by atoms with Gasteiger partial charge in [-0.25, -0.2) is 4.39 Å². The van der Waals surface area contributed by atoms with E-state index in [-0.39, 0.29) is 5.82 Å². The maximum Gasteiger partial charge on any atom is 0.123 e. The van der Waals surface area contributed by atoms with Gasteiger partial charge in [-0.15, -0.1) is 0 Å². The van der Waals surface area contributed by atoms with Crippen molar-refractivity contribution in [1.82, 2.24) is 15.1 Å². The molecule has 0 aliphatic carbocycles. The van der Waals surface area contributed by atoms with Crippen LogP contribution in [-0.4, -0.2) is 56.1 Å². The van der Waals surface area contributed by atoms with E-state index in [9.17, 15) is 4.39 Å². The SMILES string of the molecule is CN(CCC1CNCCN1C)Cc1ccc(F)cc1. The molecule has 1 aliphatic heterocycles. The van der Waals surface area contributed by atoms with Crippen molar-refractivity contribution in [3.05, 3.63) is 35.6 Å². The summed E-state index contributed by atoms with van der Waals surface area (Å²) in [5.41, 5.74) is 1.17. The molecule has 1 aromatic carbocycles. The van der Waals surface area contributed by atoms with E-state index in [4.69, 9.17) is 0 Å². The molecule has 1 N–H and O–H groups in total. The van der Waals surface area contributed by atoms with E-state index >= 15 is 0 Å². The van der Waals surface area contributed by atoms with Gasteiger partial charge in [0, 0.05) is 32.2 Å². The quantitative estimate of drug-likeness (QED) is 0.871. The highest BCUT2D eigenvalue weighted by Crippen LogP contribution is 2.09. The molecule has 0 spiro atoms. The van der Waals surface area contributed by atoms with Crippen LogP contribution in [0.15, 0.2) is 24.3 Å². The van der Waals surface area contributed by atoms with E-state index in [1.165, 1.54) is 24.1 Å². The molecule has 1 fully saturated rings. The standard InChI is InChI=1S/C15H24FN3/c1-18(12-13-3-5-14(16)6-4-13)9-7-15-11-17-8-10-19(15)2/h3-6,15,17H,7-12H2,1-2H3.